The molecule has 138 valence electrons. The Morgan fingerprint density at radius 3 is 2.42 bits per heavy atom. The van der Waals surface area contributed by atoms with Gasteiger partial charge in [0.25, 0.3) is 10.0 Å². The van der Waals surface area contributed by atoms with Gasteiger partial charge in [-0.05, 0) is 55.3 Å². The molecule has 0 radical (unpaired) electrons. The van der Waals surface area contributed by atoms with Crippen molar-refractivity contribution in [2.24, 2.45) is 5.10 Å². The molecule has 7 nitrogen and oxygen atoms in total. The van der Waals surface area contributed by atoms with Crippen LogP contribution in [-0.4, -0.2) is 32.3 Å². The molecule has 2 aromatic carbocycles. The number of nitrogens with zero attached hydrogens (tertiary/aromatic N) is 1. The van der Waals surface area contributed by atoms with Crippen LogP contribution >= 0.6 is 0 Å². The van der Waals surface area contributed by atoms with E-state index in [2.05, 4.69) is 9.93 Å². The topological polar surface area (TPSA) is 105 Å². The first kappa shape index (κ1) is 19.5. The average molecular weight is 376 g/mol. The van der Waals surface area contributed by atoms with E-state index < -0.39 is 16.0 Å². The number of hydrazone groups is 1. The van der Waals surface area contributed by atoms with E-state index in [1.807, 2.05) is 6.92 Å². The minimum absolute atomic E-state index is 0.0614. The van der Waals surface area contributed by atoms with Gasteiger partial charge in [-0.2, -0.15) is 13.5 Å². The molecule has 26 heavy (non-hydrogen) atoms. The van der Waals surface area contributed by atoms with Crippen molar-refractivity contribution in [1.29, 1.82) is 0 Å². The predicted molar refractivity (Wildman–Crippen MR) is 97.9 cm³/mol. The Kier molecular flexibility index (Phi) is 6.74. The maximum Gasteiger partial charge on any atom is 0.303 e. The minimum Gasteiger partial charge on any atom is -0.494 e. The van der Waals surface area contributed by atoms with Gasteiger partial charge >= 0.3 is 5.97 Å². The number of hydrogen-bond acceptors (Lipinski definition) is 5. The number of nitrogens with one attached hydrogen (secondary N) is 1. The quantitative estimate of drug-likeness (QED) is 0.397. The third-order valence-corrected chi connectivity index (χ3v) is 4.64. The molecule has 2 rings (SSSR count). The van der Waals surface area contributed by atoms with Gasteiger partial charge in [-0.15, -0.1) is 0 Å². The van der Waals surface area contributed by atoms with Crippen molar-refractivity contribution < 1.29 is 23.1 Å². The molecule has 0 atom stereocenters. The summed E-state index contributed by atoms with van der Waals surface area (Å²) in [5.74, 6) is -0.249. The van der Waals surface area contributed by atoms with Gasteiger partial charge in [0.1, 0.15) is 5.75 Å². The Labute approximate surface area is 152 Å². The molecule has 0 aromatic heterocycles. The Hall–Kier alpha value is -2.87. The molecule has 0 fully saturated rings. The van der Waals surface area contributed by atoms with Gasteiger partial charge < -0.3 is 9.84 Å². The first-order valence-corrected chi connectivity index (χ1v) is 9.41. The lowest BCUT2D eigenvalue weighted by Crippen LogP contribution is -2.18. The normalized spacial score (nSPS) is 11.4. The molecule has 0 saturated carbocycles. The molecule has 2 aromatic rings. The van der Waals surface area contributed by atoms with Crippen molar-refractivity contribution >= 4 is 22.2 Å². The first-order chi connectivity index (χ1) is 12.4. The Bertz CT molecular complexity index is 859. The highest BCUT2D eigenvalue weighted by Gasteiger charge is 2.11. The van der Waals surface area contributed by atoms with Gasteiger partial charge in [0.05, 0.1) is 17.7 Å². The van der Waals surface area contributed by atoms with E-state index in [0.717, 1.165) is 5.56 Å². The fourth-order valence-electron chi connectivity index (χ4n) is 2.00. The number of carbonyl (C=O) groups is 1. The molecule has 2 N–H and O–H groups in total. The van der Waals surface area contributed by atoms with E-state index in [1.165, 1.54) is 18.3 Å². The van der Waals surface area contributed by atoms with E-state index in [0.29, 0.717) is 24.3 Å². The number of aliphatic carboxylic acids is 1. The Morgan fingerprint density at radius 1 is 1.15 bits per heavy atom. The molecule has 0 unspecified atom stereocenters. The van der Waals surface area contributed by atoms with Gasteiger partial charge in [-0.3, -0.25) is 4.79 Å². The largest absolute Gasteiger partial charge is 0.494 e. The maximum absolute atomic E-state index is 12.1. The van der Waals surface area contributed by atoms with Crippen molar-refractivity contribution in [3.8, 4) is 5.75 Å². The molecular formula is C18H20N2O5S. The average Bonchev–Trinajstić information content (AvgIpc) is 2.60. The van der Waals surface area contributed by atoms with Crippen LogP contribution in [0, 0.1) is 6.92 Å². The fraction of sp³-hybridized carbons (Fsp3) is 0.222. The standard InChI is InChI=1S/C18H20N2O5S/c1-14-4-10-17(11-5-14)26(23,24)20-19-13-15-6-8-16(9-7-15)25-12-2-3-18(21)22/h4-11,13,20H,2-3,12H2,1H3,(H,21,22)/b19-13-. The molecule has 0 saturated heterocycles. The van der Waals surface area contributed by atoms with Crippen molar-refractivity contribution in [2.45, 2.75) is 24.7 Å². The summed E-state index contributed by atoms with van der Waals surface area (Å²) in [7, 11) is -3.70. The smallest absolute Gasteiger partial charge is 0.303 e. The molecule has 0 bridgehead atoms. The summed E-state index contributed by atoms with van der Waals surface area (Å²) < 4.78 is 29.6. The Balaban J connectivity index is 1.88. The minimum atomic E-state index is -3.70. The third-order valence-electron chi connectivity index (χ3n) is 3.40. The van der Waals surface area contributed by atoms with Crippen molar-refractivity contribution in [1.82, 2.24) is 4.83 Å². The summed E-state index contributed by atoms with van der Waals surface area (Å²) in [6.07, 6.45) is 1.88. The van der Waals surface area contributed by atoms with Crippen molar-refractivity contribution in [3.05, 3.63) is 59.7 Å². The summed E-state index contributed by atoms with van der Waals surface area (Å²) in [5.41, 5.74) is 1.66. The summed E-state index contributed by atoms with van der Waals surface area (Å²) in [5, 5.41) is 12.3. The molecule has 0 amide bonds. The monoisotopic (exact) mass is 376 g/mol. The molecule has 0 aliphatic rings. The number of benzene rings is 2. The number of hydrogen-bond donors (Lipinski definition) is 2. The number of carboxylic acid groups (broad SMARTS) is 1. The lowest BCUT2D eigenvalue weighted by molar-refractivity contribution is -0.137. The fourth-order valence-corrected chi connectivity index (χ4v) is 2.80. The van der Waals surface area contributed by atoms with Crippen LogP contribution in [0.2, 0.25) is 0 Å². The number of ether oxygens (including phenoxy) is 1. The zero-order valence-corrected chi connectivity index (χ0v) is 15.1. The van der Waals surface area contributed by atoms with Crippen molar-refractivity contribution in [3.63, 3.8) is 0 Å². The van der Waals surface area contributed by atoms with Crippen LogP contribution in [0.25, 0.3) is 0 Å². The van der Waals surface area contributed by atoms with E-state index in [1.54, 1.807) is 36.4 Å². The van der Waals surface area contributed by atoms with Gasteiger partial charge in [0.2, 0.25) is 0 Å². The highest BCUT2D eigenvalue weighted by Crippen LogP contribution is 2.12. The summed E-state index contributed by atoms with van der Waals surface area (Å²) in [4.78, 5) is 12.7. The van der Waals surface area contributed by atoms with Gasteiger partial charge in [0, 0.05) is 6.42 Å². The van der Waals surface area contributed by atoms with Crippen LogP contribution in [0.3, 0.4) is 0 Å². The molecule has 0 spiro atoms. The highest BCUT2D eigenvalue weighted by molar-refractivity contribution is 7.89. The lowest BCUT2D eigenvalue weighted by Gasteiger charge is -2.05. The SMILES string of the molecule is Cc1ccc(S(=O)(=O)N/N=C\c2ccc(OCCCC(=O)O)cc2)cc1. The maximum atomic E-state index is 12.1. The van der Waals surface area contributed by atoms with Crippen LogP contribution in [0.4, 0.5) is 0 Å². The van der Waals surface area contributed by atoms with Crippen molar-refractivity contribution in [2.75, 3.05) is 6.61 Å². The molecule has 0 heterocycles. The number of aryl methyl sites for hydroxylation is 1. The van der Waals surface area contributed by atoms with E-state index in [9.17, 15) is 13.2 Å². The van der Waals surface area contributed by atoms with Gasteiger partial charge in [-0.25, -0.2) is 4.83 Å². The lowest BCUT2D eigenvalue weighted by atomic mass is 10.2. The van der Waals surface area contributed by atoms with Crippen LogP contribution in [-0.2, 0) is 14.8 Å². The van der Waals surface area contributed by atoms with Crippen LogP contribution in [0.5, 0.6) is 5.75 Å². The summed E-state index contributed by atoms with van der Waals surface area (Å²) >= 11 is 0. The number of carboxylic acids is 1. The van der Waals surface area contributed by atoms with E-state index in [4.69, 9.17) is 9.84 Å². The second kappa shape index (κ2) is 9.00. The number of rotatable bonds is 9. The molecular weight excluding hydrogens is 356 g/mol. The summed E-state index contributed by atoms with van der Waals surface area (Å²) in [6, 6.07) is 13.3. The third kappa shape index (κ3) is 6.21. The zero-order chi connectivity index (χ0) is 19.0. The molecule has 0 aliphatic heterocycles. The Morgan fingerprint density at radius 2 is 1.81 bits per heavy atom. The first-order valence-electron chi connectivity index (χ1n) is 7.93. The van der Waals surface area contributed by atoms with Gasteiger partial charge in [0.15, 0.2) is 0 Å². The molecule has 0 aliphatic carbocycles. The van der Waals surface area contributed by atoms with Crippen LogP contribution < -0.4 is 9.57 Å². The summed E-state index contributed by atoms with van der Waals surface area (Å²) in [6.45, 7) is 2.19. The number of sulfonamides is 1. The second-order valence-electron chi connectivity index (χ2n) is 5.58. The van der Waals surface area contributed by atoms with Crippen LogP contribution in [0.15, 0.2) is 58.5 Å². The van der Waals surface area contributed by atoms with Crippen LogP contribution in [0.1, 0.15) is 24.0 Å². The zero-order valence-electron chi connectivity index (χ0n) is 14.3. The predicted octanol–water partition coefficient (Wildman–Crippen LogP) is 2.55. The second-order valence-corrected chi connectivity index (χ2v) is 7.24. The van der Waals surface area contributed by atoms with E-state index in [-0.39, 0.29) is 11.3 Å². The van der Waals surface area contributed by atoms with E-state index >= 15 is 0 Å². The van der Waals surface area contributed by atoms with Gasteiger partial charge in [-0.1, -0.05) is 17.7 Å². The highest BCUT2D eigenvalue weighted by atomic mass is 32.2. The molecule has 8 heteroatoms.